The number of hydrogen-bond acceptors (Lipinski definition) is 4. The maximum Gasteiger partial charge on any atom is 0.410 e. The van der Waals surface area contributed by atoms with Crippen molar-refractivity contribution in [3.05, 3.63) is 138 Å². The zero-order chi connectivity index (χ0) is 32.5. The first kappa shape index (κ1) is 34.3. The number of hydrogen-bond donors (Lipinski definition) is 0. The van der Waals surface area contributed by atoms with Crippen LogP contribution in [-0.2, 0) is 22.7 Å². The van der Waals surface area contributed by atoms with Gasteiger partial charge in [0.05, 0.1) is 0 Å². The number of benzene rings is 4. The summed E-state index contributed by atoms with van der Waals surface area (Å²) in [5.41, 5.74) is 4.17. The van der Waals surface area contributed by atoms with Crippen molar-refractivity contribution in [2.24, 2.45) is 0 Å². The first-order valence-electron chi connectivity index (χ1n) is 15.1. The van der Waals surface area contributed by atoms with Crippen molar-refractivity contribution in [2.75, 3.05) is 26.2 Å². The predicted molar refractivity (Wildman–Crippen MR) is 189 cm³/mol. The van der Waals surface area contributed by atoms with Gasteiger partial charge in [0, 0.05) is 57.0 Å². The molecule has 10 heteroatoms. The SMILES string of the molecule is O=C(OCc1ccccc1)N1CC[C@@H](c2ccc(Br)cc2Cl)C1.O=C(OCc1ccccc1)N1CC[C@H](c2ccc(Br)cc2Cl)C1. The minimum atomic E-state index is -0.260. The van der Waals surface area contributed by atoms with Crippen LogP contribution in [-0.4, -0.2) is 48.2 Å². The van der Waals surface area contributed by atoms with Crippen LogP contribution < -0.4 is 0 Å². The molecule has 0 N–H and O–H groups in total. The molecule has 0 unspecified atom stereocenters. The number of likely N-dealkylation sites (tertiary alicyclic amines) is 2. The van der Waals surface area contributed by atoms with E-state index in [0.717, 1.165) is 54.1 Å². The number of amides is 2. The maximum absolute atomic E-state index is 12.2. The third kappa shape index (κ3) is 9.50. The van der Waals surface area contributed by atoms with Crippen molar-refractivity contribution in [1.29, 1.82) is 0 Å². The average molecular weight is 789 g/mol. The molecule has 2 saturated heterocycles. The number of carbonyl (C=O) groups is 2. The van der Waals surface area contributed by atoms with Crippen LogP contribution in [0.25, 0.3) is 0 Å². The van der Waals surface area contributed by atoms with Crippen LogP contribution in [0.1, 0.15) is 46.9 Å². The first-order valence-corrected chi connectivity index (χ1v) is 17.4. The second-order valence-electron chi connectivity index (χ2n) is 11.3. The summed E-state index contributed by atoms with van der Waals surface area (Å²) in [6.07, 6.45) is 1.29. The Labute approximate surface area is 296 Å². The highest BCUT2D eigenvalue weighted by molar-refractivity contribution is 9.10. The molecular formula is C36H34Br2Cl2N2O4. The van der Waals surface area contributed by atoms with Gasteiger partial charge in [-0.25, -0.2) is 9.59 Å². The lowest BCUT2D eigenvalue weighted by atomic mass is 9.98. The van der Waals surface area contributed by atoms with E-state index in [0.29, 0.717) is 39.4 Å². The molecule has 2 amide bonds. The minimum absolute atomic E-state index is 0.260. The van der Waals surface area contributed by atoms with Crippen molar-refractivity contribution in [2.45, 2.75) is 37.9 Å². The summed E-state index contributed by atoms with van der Waals surface area (Å²) in [4.78, 5) is 27.9. The molecule has 4 aromatic rings. The van der Waals surface area contributed by atoms with E-state index in [-0.39, 0.29) is 24.0 Å². The Bertz CT molecular complexity index is 1510. The number of ether oxygens (including phenoxy) is 2. The largest absolute Gasteiger partial charge is 0.445 e. The molecule has 2 atom stereocenters. The summed E-state index contributed by atoms with van der Waals surface area (Å²) in [6.45, 7) is 3.30. The van der Waals surface area contributed by atoms with Gasteiger partial charge in [-0.2, -0.15) is 0 Å². The van der Waals surface area contributed by atoms with Gasteiger partial charge in [-0.3, -0.25) is 0 Å². The Morgan fingerprint density at radius 2 is 1.02 bits per heavy atom. The number of nitrogens with zero attached hydrogens (tertiary/aromatic N) is 2. The fourth-order valence-electron chi connectivity index (χ4n) is 5.65. The van der Waals surface area contributed by atoms with E-state index < -0.39 is 0 Å². The zero-order valence-electron chi connectivity index (χ0n) is 25.1. The van der Waals surface area contributed by atoms with E-state index in [1.54, 1.807) is 9.80 Å². The highest BCUT2D eigenvalue weighted by Gasteiger charge is 2.30. The molecule has 0 saturated carbocycles. The second-order valence-corrected chi connectivity index (χ2v) is 13.9. The molecule has 240 valence electrons. The minimum Gasteiger partial charge on any atom is -0.445 e. The van der Waals surface area contributed by atoms with Gasteiger partial charge >= 0.3 is 12.2 Å². The molecule has 0 bridgehead atoms. The van der Waals surface area contributed by atoms with Crippen molar-refractivity contribution in [3.63, 3.8) is 0 Å². The Morgan fingerprint density at radius 1 is 0.630 bits per heavy atom. The van der Waals surface area contributed by atoms with Gasteiger partial charge in [-0.15, -0.1) is 0 Å². The van der Waals surface area contributed by atoms with Crippen LogP contribution in [0.4, 0.5) is 9.59 Å². The predicted octanol–water partition coefficient (Wildman–Crippen LogP) is 10.5. The van der Waals surface area contributed by atoms with Crippen LogP contribution in [0.2, 0.25) is 10.0 Å². The number of carbonyl (C=O) groups excluding carboxylic acids is 2. The quantitative estimate of drug-likeness (QED) is 0.195. The maximum atomic E-state index is 12.2. The summed E-state index contributed by atoms with van der Waals surface area (Å²) in [5, 5.41) is 1.48. The fourth-order valence-corrected chi connectivity index (χ4v) is 7.30. The lowest BCUT2D eigenvalue weighted by Gasteiger charge is -2.17. The monoisotopic (exact) mass is 786 g/mol. The van der Waals surface area contributed by atoms with E-state index in [9.17, 15) is 9.59 Å². The van der Waals surface area contributed by atoms with Crippen LogP contribution in [0.15, 0.2) is 106 Å². The van der Waals surface area contributed by atoms with Gasteiger partial charge in [-0.1, -0.05) is 128 Å². The number of rotatable bonds is 6. The standard InChI is InChI=1S/2C18H17BrClNO2/c2*19-15-6-7-16(17(20)10-15)14-8-9-21(11-14)18(22)23-12-13-4-2-1-3-5-13/h2*1-7,10,14H,8-9,11-12H2/t2*14-/m10/s1. The summed E-state index contributed by atoms with van der Waals surface area (Å²) < 4.78 is 12.7. The van der Waals surface area contributed by atoms with Crippen LogP contribution in [0.5, 0.6) is 0 Å². The lowest BCUT2D eigenvalue weighted by molar-refractivity contribution is 0.103. The lowest BCUT2D eigenvalue weighted by Crippen LogP contribution is -2.29. The molecule has 0 aromatic heterocycles. The van der Waals surface area contributed by atoms with Gasteiger partial charge in [0.15, 0.2) is 0 Å². The van der Waals surface area contributed by atoms with Crippen molar-refractivity contribution in [3.8, 4) is 0 Å². The molecule has 0 aliphatic carbocycles. The molecule has 2 fully saturated rings. The molecule has 46 heavy (non-hydrogen) atoms. The van der Waals surface area contributed by atoms with Gasteiger partial charge < -0.3 is 19.3 Å². The van der Waals surface area contributed by atoms with Crippen molar-refractivity contribution in [1.82, 2.24) is 9.80 Å². The van der Waals surface area contributed by atoms with E-state index in [4.69, 9.17) is 32.7 Å². The van der Waals surface area contributed by atoms with Gasteiger partial charge in [-0.05, 0) is 59.4 Å². The highest BCUT2D eigenvalue weighted by atomic mass is 79.9. The Hall–Kier alpha value is -3.04. The van der Waals surface area contributed by atoms with Gasteiger partial charge in [0.25, 0.3) is 0 Å². The van der Waals surface area contributed by atoms with Crippen LogP contribution >= 0.6 is 55.1 Å². The molecule has 2 aliphatic rings. The summed E-state index contributed by atoms with van der Waals surface area (Å²) >= 11 is 19.5. The molecule has 4 aromatic carbocycles. The number of halogens is 4. The Kier molecular flexibility index (Phi) is 12.4. The molecule has 2 aliphatic heterocycles. The summed E-state index contributed by atoms with van der Waals surface area (Å²) in [5.74, 6) is 0.528. The molecule has 6 nitrogen and oxygen atoms in total. The molecule has 0 radical (unpaired) electrons. The molecule has 0 spiro atoms. The summed E-state index contributed by atoms with van der Waals surface area (Å²) in [6, 6.07) is 31.2. The Morgan fingerprint density at radius 3 is 1.39 bits per heavy atom. The van der Waals surface area contributed by atoms with E-state index >= 15 is 0 Å². The van der Waals surface area contributed by atoms with E-state index in [2.05, 4.69) is 31.9 Å². The highest BCUT2D eigenvalue weighted by Crippen LogP contribution is 2.35. The third-order valence-corrected chi connectivity index (χ3v) is 9.75. The summed E-state index contributed by atoms with van der Waals surface area (Å²) in [7, 11) is 0. The fraction of sp³-hybridized carbons (Fsp3) is 0.278. The topological polar surface area (TPSA) is 59.1 Å². The molecule has 2 heterocycles. The van der Waals surface area contributed by atoms with Crippen LogP contribution in [0, 0.1) is 0 Å². The van der Waals surface area contributed by atoms with Gasteiger partial charge in [0.1, 0.15) is 13.2 Å². The smallest absolute Gasteiger partial charge is 0.410 e. The van der Waals surface area contributed by atoms with E-state index in [1.807, 2.05) is 97.1 Å². The van der Waals surface area contributed by atoms with Crippen molar-refractivity contribution >= 4 is 67.2 Å². The first-order chi connectivity index (χ1) is 22.3. The Balaban J connectivity index is 0.000000181. The van der Waals surface area contributed by atoms with Gasteiger partial charge in [0.2, 0.25) is 0 Å². The average Bonchev–Trinajstić information content (AvgIpc) is 3.75. The second kappa shape index (κ2) is 16.7. The third-order valence-electron chi connectivity index (χ3n) is 8.11. The van der Waals surface area contributed by atoms with Crippen molar-refractivity contribution < 1.29 is 19.1 Å². The molecule has 6 rings (SSSR count). The van der Waals surface area contributed by atoms with Crippen LogP contribution in [0.3, 0.4) is 0 Å². The molecular weight excluding hydrogens is 755 g/mol. The normalized spacial score (nSPS) is 17.3. The van der Waals surface area contributed by atoms with E-state index in [1.165, 1.54) is 0 Å². The zero-order valence-corrected chi connectivity index (χ0v) is 29.8.